The Hall–Kier alpha value is -1.57. The molecule has 2 nitrogen and oxygen atoms in total. The molecule has 0 saturated carbocycles. The van der Waals surface area contributed by atoms with Gasteiger partial charge in [0.15, 0.2) is 0 Å². The first-order chi connectivity index (χ1) is 6.75. The summed E-state index contributed by atoms with van der Waals surface area (Å²) in [5.74, 6) is 1.07. The molecule has 0 fully saturated rings. The van der Waals surface area contributed by atoms with Gasteiger partial charge in [-0.2, -0.15) is 0 Å². The van der Waals surface area contributed by atoms with Crippen LogP contribution in [0.2, 0.25) is 0 Å². The Bertz CT molecular complexity index is 396. The quantitative estimate of drug-likeness (QED) is 0.703. The smallest absolute Gasteiger partial charge is 0.105 e. The molecule has 2 heteroatoms. The largest absolute Gasteiger partial charge is 0.338 e. The van der Waals surface area contributed by atoms with E-state index in [0.717, 1.165) is 17.9 Å². The maximum absolute atomic E-state index is 4.47. The summed E-state index contributed by atoms with van der Waals surface area (Å²) in [5.41, 5.74) is 2.45. The van der Waals surface area contributed by atoms with Crippen LogP contribution < -0.4 is 0 Å². The van der Waals surface area contributed by atoms with E-state index in [1.54, 1.807) is 0 Å². The third kappa shape index (κ3) is 1.84. The number of aromatic nitrogens is 2. The van der Waals surface area contributed by atoms with Crippen LogP contribution in [0, 0.1) is 6.92 Å². The molecule has 1 heterocycles. The molecule has 2 aromatic rings. The summed E-state index contributed by atoms with van der Waals surface area (Å²) in [5, 5.41) is 0. The van der Waals surface area contributed by atoms with Crippen molar-refractivity contribution in [3.8, 4) is 0 Å². The highest BCUT2D eigenvalue weighted by Crippen LogP contribution is 2.08. The van der Waals surface area contributed by atoms with Gasteiger partial charge in [0, 0.05) is 19.7 Å². The van der Waals surface area contributed by atoms with Gasteiger partial charge in [-0.15, -0.1) is 0 Å². The van der Waals surface area contributed by atoms with Crippen LogP contribution in [0.15, 0.2) is 36.5 Å². The van der Waals surface area contributed by atoms with Crippen molar-refractivity contribution >= 4 is 0 Å². The minimum atomic E-state index is 0.919. The summed E-state index contributed by atoms with van der Waals surface area (Å²) in [4.78, 5) is 4.47. The van der Waals surface area contributed by atoms with Gasteiger partial charge in [-0.25, -0.2) is 4.98 Å². The molecule has 0 bridgehead atoms. The fourth-order valence-electron chi connectivity index (χ4n) is 1.52. The molecule has 0 atom stereocenters. The van der Waals surface area contributed by atoms with Crippen molar-refractivity contribution in [1.29, 1.82) is 0 Å². The van der Waals surface area contributed by atoms with Crippen LogP contribution in [0.3, 0.4) is 0 Å². The summed E-state index contributed by atoms with van der Waals surface area (Å²) in [6.07, 6.45) is 3.00. The molecule has 0 aliphatic carbocycles. The lowest BCUT2D eigenvalue weighted by Gasteiger charge is -1.95. The fourth-order valence-corrected chi connectivity index (χ4v) is 1.52. The van der Waals surface area contributed by atoms with E-state index in [9.17, 15) is 0 Å². The second-order valence-electron chi connectivity index (χ2n) is 3.55. The van der Waals surface area contributed by atoms with Crippen molar-refractivity contribution < 1.29 is 0 Å². The second-order valence-corrected chi connectivity index (χ2v) is 3.55. The minimum absolute atomic E-state index is 0.919. The van der Waals surface area contributed by atoms with Gasteiger partial charge in [-0.3, -0.25) is 0 Å². The Balaban J connectivity index is 2.19. The molecule has 0 radical (unpaired) electrons. The van der Waals surface area contributed by atoms with Crippen LogP contribution in [0.1, 0.15) is 17.1 Å². The zero-order valence-electron chi connectivity index (χ0n) is 8.57. The first-order valence-corrected chi connectivity index (χ1v) is 4.78. The number of nitrogens with zero attached hydrogens (tertiary/aromatic N) is 2. The van der Waals surface area contributed by atoms with E-state index in [-0.39, 0.29) is 0 Å². The molecule has 0 unspecified atom stereocenters. The van der Waals surface area contributed by atoms with Gasteiger partial charge in [0.1, 0.15) is 5.82 Å². The topological polar surface area (TPSA) is 17.8 Å². The van der Waals surface area contributed by atoms with Gasteiger partial charge in [-0.1, -0.05) is 30.3 Å². The van der Waals surface area contributed by atoms with Crippen LogP contribution in [0.5, 0.6) is 0 Å². The first kappa shape index (κ1) is 9.00. The number of aryl methyl sites for hydroxylation is 2. The van der Waals surface area contributed by atoms with Gasteiger partial charge in [-0.05, 0) is 12.5 Å². The highest BCUT2D eigenvalue weighted by Gasteiger charge is 2.01. The van der Waals surface area contributed by atoms with Crippen molar-refractivity contribution in [3.63, 3.8) is 0 Å². The van der Waals surface area contributed by atoms with Crippen LogP contribution in [-0.4, -0.2) is 9.55 Å². The van der Waals surface area contributed by atoms with Crippen molar-refractivity contribution in [2.75, 3.05) is 0 Å². The lowest BCUT2D eigenvalue weighted by molar-refractivity contribution is 0.858. The SMILES string of the molecule is Cc1nc(Cc2ccccc2)cn1C. The first-order valence-electron chi connectivity index (χ1n) is 4.78. The zero-order chi connectivity index (χ0) is 9.97. The lowest BCUT2D eigenvalue weighted by Crippen LogP contribution is -1.87. The maximum atomic E-state index is 4.47. The Morgan fingerprint density at radius 3 is 2.50 bits per heavy atom. The molecule has 0 aliphatic rings. The molecule has 0 spiro atoms. The predicted molar refractivity (Wildman–Crippen MR) is 57.2 cm³/mol. The predicted octanol–water partition coefficient (Wildman–Crippen LogP) is 2.32. The normalized spacial score (nSPS) is 10.4. The Morgan fingerprint density at radius 1 is 1.21 bits per heavy atom. The molecule has 1 aromatic carbocycles. The summed E-state index contributed by atoms with van der Waals surface area (Å²) >= 11 is 0. The average Bonchev–Trinajstić information content (AvgIpc) is 2.47. The standard InChI is InChI=1S/C12H14N2/c1-10-13-12(9-14(10)2)8-11-6-4-3-5-7-11/h3-7,9H,8H2,1-2H3. The molecule has 2 rings (SSSR count). The minimum Gasteiger partial charge on any atom is -0.338 e. The van der Waals surface area contributed by atoms with Gasteiger partial charge in [0.05, 0.1) is 5.69 Å². The van der Waals surface area contributed by atoms with Gasteiger partial charge >= 0.3 is 0 Å². The summed E-state index contributed by atoms with van der Waals surface area (Å²) in [6, 6.07) is 10.4. The van der Waals surface area contributed by atoms with E-state index in [1.165, 1.54) is 5.56 Å². The summed E-state index contributed by atoms with van der Waals surface area (Å²) < 4.78 is 2.05. The van der Waals surface area contributed by atoms with E-state index < -0.39 is 0 Å². The van der Waals surface area contributed by atoms with Crippen molar-refractivity contribution in [2.45, 2.75) is 13.3 Å². The molecular weight excluding hydrogens is 172 g/mol. The van der Waals surface area contributed by atoms with Crippen LogP contribution in [0.25, 0.3) is 0 Å². The Morgan fingerprint density at radius 2 is 1.93 bits per heavy atom. The van der Waals surface area contributed by atoms with E-state index in [1.807, 2.05) is 20.0 Å². The van der Waals surface area contributed by atoms with Gasteiger partial charge in [0.2, 0.25) is 0 Å². The van der Waals surface area contributed by atoms with E-state index in [4.69, 9.17) is 0 Å². The highest BCUT2D eigenvalue weighted by atomic mass is 15.0. The molecule has 0 saturated heterocycles. The number of imidazole rings is 1. The summed E-state index contributed by atoms with van der Waals surface area (Å²) in [7, 11) is 2.02. The van der Waals surface area contributed by atoms with Crippen molar-refractivity contribution in [2.24, 2.45) is 7.05 Å². The molecule has 0 amide bonds. The molecule has 0 N–H and O–H groups in total. The molecule has 72 valence electrons. The van der Waals surface area contributed by atoms with Crippen LogP contribution in [-0.2, 0) is 13.5 Å². The molecule has 14 heavy (non-hydrogen) atoms. The van der Waals surface area contributed by atoms with Crippen LogP contribution in [0.4, 0.5) is 0 Å². The van der Waals surface area contributed by atoms with E-state index in [0.29, 0.717) is 0 Å². The molecule has 1 aromatic heterocycles. The fraction of sp³-hybridized carbons (Fsp3) is 0.250. The number of benzene rings is 1. The number of rotatable bonds is 2. The molecular formula is C12H14N2. The van der Waals surface area contributed by atoms with Crippen molar-refractivity contribution in [3.05, 3.63) is 53.6 Å². The molecule has 0 aliphatic heterocycles. The monoisotopic (exact) mass is 186 g/mol. The van der Waals surface area contributed by atoms with Gasteiger partial charge < -0.3 is 4.57 Å². The third-order valence-electron chi connectivity index (χ3n) is 2.39. The number of hydrogen-bond donors (Lipinski definition) is 0. The van der Waals surface area contributed by atoms with Crippen LogP contribution >= 0.6 is 0 Å². The summed E-state index contributed by atoms with van der Waals surface area (Å²) in [6.45, 7) is 2.02. The Kier molecular flexibility index (Phi) is 2.35. The zero-order valence-corrected chi connectivity index (χ0v) is 8.57. The number of hydrogen-bond acceptors (Lipinski definition) is 1. The lowest BCUT2D eigenvalue weighted by atomic mass is 10.1. The van der Waals surface area contributed by atoms with E-state index in [2.05, 4.69) is 40.0 Å². The third-order valence-corrected chi connectivity index (χ3v) is 2.39. The maximum Gasteiger partial charge on any atom is 0.105 e. The van der Waals surface area contributed by atoms with E-state index >= 15 is 0 Å². The second kappa shape index (κ2) is 3.66. The average molecular weight is 186 g/mol. The Labute approximate surface area is 84.2 Å². The highest BCUT2D eigenvalue weighted by molar-refractivity contribution is 5.21. The van der Waals surface area contributed by atoms with Crippen molar-refractivity contribution in [1.82, 2.24) is 9.55 Å². The van der Waals surface area contributed by atoms with Gasteiger partial charge in [0.25, 0.3) is 0 Å².